The molecule has 3 aromatic heterocycles. The van der Waals surface area contributed by atoms with E-state index in [1.807, 2.05) is 19.1 Å². The zero-order valence-corrected chi connectivity index (χ0v) is 11.8. The van der Waals surface area contributed by atoms with Crippen molar-refractivity contribution in [2.24, 2.45) is 0 Å². The molecule has 6 nitrogen and oxygen atoms in total. The van der Waals surface area contributed by atoms with Crippen LogP contribution in [0.2, 0.25) is 5.02 Å². The summed E-state index contributed by atoms with van der Waals surface area (Å²) in [7, 11) is 0. The summed E-state index contributed by atoms with van der Waals surface area (Å²) in [6.07, 6.45) is 0. The van der Waals surface area contributed by atoms with E-state index in [-0.39, 0.29) is 5.95 Å². The Morgan fingerprint density at radius 3 is 2.81 bits per heavy atom. The fraction of sp³-hybridized carbons (Fsp3) is 0.0714. The number of hydrogen-bond acceptors (Lipinski definition) is 5. The van der Waals surface area contributed by atoms with Gasteiger partial charge in [0.15, 0.2) is 11.4 Å². The highest BCUT2D eigenvalue weighted by Gasteiger charge is 2.15. The Hall–Kier alpha value is -2.60. The van der Waals surface area contributed by atoms with Crippen LogP contribution in [-0.2, 0) is 0 Å². The predicted octanol–water partition coefficient (Wildman–Crippen LogP) is 3.08. The first kappa shape index (κ1) is 12.2. The van der Waals surface area contributed by atoms with E-state index in [1.165, 1.54) is 4.52 Å². The average Bonchev–Trinajstić information content (AvgIpc) is 3.06. The van der Waals surface area contributed by atoms with Gasteiger partial charge in [0.1, 0.15) is 5.76 Å². The van der Waals surface area contributed by atoms with Crippen molar-refractivity contribution in [1.82, 2.24) is 19.6 Å². The molecule has 0 bridgehead atoms. The predicted molar refractivity (Wildman–Crippen MR) is 80.1 cm³/mol. The first-order chi connectivity index (χ1) is 10.1. The van der Waals surface area contributed by atoms with Crippen LogP contribution in [0, 0.1) is 6.92 Å². The summed E-state index contributed by atoms with van der Waals surface area (Å²) in [6, 6.07) is 9.05. The SMILES string of the molecule is Cc1ccc(-c2nc3c4cc(Cl)ccc4nc(N)n3n2)o1. The van der Waals surface area contributed by atoms with E-state index < -0.39 is 0 Å². The zero-order valence-electron chi connectivity index (χ0n) is 11.0. The van der Waals surface area contributed by atoms with Crippen molar-refractivity contribution in [2.45, 2.75) is 6.92 Å². The van der Waals surface area contributed by atoms with E-state index >= 15 is 0 Å². The topological polar surface area (TPSA) is 82.2 Å². The fourth-order valence-electron chi connectivity index (χ4n) is 2.26. The summed E-state index contributed by atoms with van der Waals surface area (Å²) >= 11 is 6.05. The maximum absolute atomic E-state index is 6.05. The second kappa shape index (κ2) is 4.20. The van der Waals surface area contributed by atoms with Gasteiger partial charge in [-0.15, -0.1) is 5.10 Å². The van der Waals surface area contributed by atoms with Crippen LogP contribution in [0.25, 0.3) is 28.1 Å². The summed E-state index contributed by atoms with van der Waals surface area (Å²) in [6.45, 7) is 1.87. The maximum Gasteiger partial charge on any atom is 0.223 e. The first-order valence-electron chi connectivity index (χ1n) is 6.30. The first-order valence-corrected chi connectivity index (χ1v) is 6.68. The van der Waals surface area contributed by atoms with Crippen molar-refractivity contribution >= 4 is 34.1 Å². The Morgan fingerprint density at radius 1 is 1.19 bits per heavy atom. The van der Waals surface area contributed by atoms with Crippen molar-refractivity contribution < 1.29 is 4.42 Å². The number of furan rings is 1. The van der Waals surface area contributed by atoms with Gasteiger partial charge in [0, 0.05) is 10.4 Å². The number of aryl methyl sites for hydroxylation is 1. The van der Waals surface area contributed by atoms with Crippen molar-refractivity contribution in [3.05, 3.63) is 41.1 Å². The van der Waals surface area contributed by atoms with Crippen LogP contribution in [-0.4, -0.2) is 19.6 Å². The summed E-state index contributed by atoms with van der Waals surface area (Å²) in [5, 5.41) is 5.75. The number of halogens is 1. The number of nitrogen functional groups attached to an aromatic ring is 1. The summed E-state index contributed by atoms with van der Waals surface area (Å²) < 4.78 is 7.04. The second-order valence-corrected chi connectivity index (χ2v) is 5.15. The molecule has 104 valence electrons. The third-order valence-corrected chi connectivity index (χ3v) is 3.45. The second-order valence-electron chi connectivity index (χ2n) is 4.71. The van der Waals surface area contributed by atoms with Crippen molar-refractivity contribution in [2.75, 3.05) is 5.73 Å². The van der Waals surface area contributed by atoms with E-state index in [1.54, 1.807) is 18.2 Å². The van der Waals surface area contributed by atoms with E-state index in [0.29, 0.717) is 22.3 Å². The smallest absolute Gasteiger partial charge is 0.223 e. The van der Waals surface area contributed by atoms with Gasteiger partial charge in [0.2, 0.25) is 11.8 Å². The summed E-state index contributed by atoms with van der Waals surface area (Å²) in [5.41, 5.74) is 7.26. The fourth-order valence-corrected chi connectivity index (χ4v) is 2.43. The Bertz CT molecular complexity index is 988. The monoisotopic (exact) mass is 299 g/mol. The van der Waals surface area contributed by atoms with Gasteiger partial charge in [-0.3, -0.25) is 0 Å². The molecule has 3 heterocycles. The molecule has 2 N–H and O–H groups in total. The van der Waals surface area contributed by atoms with Crippen LogP contribution >= 0.6 is 11.6 Å². The lowest BCUT2D eigenvalue weighted by atomic mass is 10.2. The number of rotatable bonds is 1. The van der Waals surface area contributed by atoms with Gasteiger partial charge in [0.05, 0.1) is 5.52 Å². The van der Waals surface area contributed by atoms with Gasteiger partial charge < -0.3 is 10.2 Å². The minimum Gasteiger partial charge on any atom is -0.458 e. The van der Waals surface area contributed by atoms with Crippen LogP contribution in [0.4, 0.5) is 5.95 Å². The Balaban J connectivity index is 2.08. The largest absolute Gasteiger partial charge is 0.458 e. The molecule has 0 aliphatic rings. The minimum absolute atomic E-state index is 0.266. The van der Waals surface area contributed by atoms with E-state index in [0.717, 1.165) is 16.7 Å². The molecule has 7 heteroatoms. The van der Waals surface area contributed by atoms with Crippen LogP contribution in [0.3, 0.4) is 0 Å². The number of benzene rings is 1. The van der Waals surface area contributed by atoms with Gasteiger partial charge in [0.25, 0.3) is 0 Å². The molecule has 4 aromatic rings. The standard InChI is InChI=1S/C14H10ClN5O/c1-7-2-5-11(21-7)12-18-13-9-6-8(15)3-4-10(9)17-14(16)20(13)19-12/h2-6H,1H3,(H2,16,17). The Kier molecular flexibility index (Phi) is 2.43. The number of fused-ring (bicyclic) bond motifs is 3. The number of hydrogen-bond donors (Lipinski definition) is 1. The lowest BCUT2D eigenvalue weighted by molar-refractivity contribution is 0.544. The lowest BCUT2D eigenvalue weighted by Gasteiger charge is -2.02. The van der Waals surface area contributed by atoms with Gasteiger partial charge >= 0.3 is 0 Å². The van der Waals surface area contributed by atoms with Crippen LogP contribution in [0.15, 0.2) is 34.7 Å². The molecule has 0 fully saturated rings. The quantitative estimate of drug-likeness (QED) is 0.584. The molecule has 0 saturated heterocycles. The van der Waals surface area contributed by atoms with Gasteiger partial charge in [-0.25, -0.2) is 9.97 Å². The third-order valence-electron chi connectivity index (χ3n) is 3.22. The molecule has 0 aliphatic carbocycles. The number of aromatic nitrogens is 4. The van der Waals surface area contributed by atoms with E-state index in [9.17, 15) is 0 Å². The normalized spacial score (nSPS) is 11.5. The Morgan fingerprint density at radius 2 is 2.05 bits per heavy atom. The van der Waals surface area contributed by atoms with Gasteiger partial charge in [-0.1, -0.05) is 11.6 Å². The molecular formula is C14H10ClN5O. The molecule has 1 aromatic carbocycles. The molecule has 0 amide bonds. The minimum atomic E-state index is 0.266. The van der Waals surface area contributed by atoms with Gasteiger partial charge in [-0.05, 0) is 37.3 Å². The van der Waals surface area contributed by atoms with Crippen LogP contribution < -0.4 is 5.73 Å². The van der Waals surface area contributed by atoms with Crippen LogP contribution in [0.5, 0.6) is 0 Å². The molecule has 0 aliphatic heterocycles. The Labute approximate surface area is 124 Å². The summed E-state index contributed by atoms with van der Waals surface area (Å²) in [5.74, 6) is 2.11. The van der Waals surface area contributed by atoms with Crippen molar-refractivity contribution in [3.63, 3.8) is 0 Å². The molecule has 4 rings (SSSR count). The molecular weight excluding hydrogens is 290 g/mol. The molecule has 21 heavy (non-hydrogen) atoms. The number of anilines is 1. The van der Waals surface area contributed by atoms with E-state index in [2.05, 4.69) is 15.1 Å². The molecule has 0 spiro atoms. The average molecular weight is 300 g/mol. The summed E-state index contributed by atoms with van der Waals surface area (Å²) in [4.78, 5) is 8.81. The number of nitrogens with two attached hydrogens (primary N) is 1. The van der Waals surface area contributed by atoms with Gasteiger partial charge in [-0.2, -0.15) is 4.52 Å². The highest BCUT2D eigenvalue weighted by molar-refractivity contribution is 6.31. The van der Waals surface area contributed by atoms with Crippen molar-refractivity contribution in [3.8, 4) is 11.6 Å². The zero-order chi connectivity index (χ0) is 14.6. The maximum atomic E-state index is 6.05. The van der Waals surface area contributed by atoms with Crippen LogP contribution in [0.1, 0.15) is 5.76 Å². The highest BCUT2D eigenvalue weighted by Crippen LogP contribution is 2.26. The molecule has 0 atom stereocenters. The third kappa shape index (κ3) is 1.84. The number of nitrogens with zero attached hydrogens (tertiary/aromatic N) is 4. The van der Waals surface area contributed by atoms with E-state index in [4.69, 9.17) is 21.8 Å². The molecule has 0 radical (unpaired) electrons. The lowest BCUT2D eigenvalue weighted by Crippen LogP contribution is -2.02. The molecule has 0 saturated carbocycles. The molecule has 0 unspecified atom stereocenters. The highest BCUT2D eigenvalue weighted by atomic mass is 35.5. The van der Waals surface area contributed by atoms with Crippen molar-refractivity contribution in [1.29, 1.82) is 0 Å².